The van der Waals surface area contributed by atoms with E-state index in [1.165, 1.54) is 5.56 Å². The number of aromatic amines is 1. The number of carbonyl (C=O) groups is 2. The minimum absolute atomic E-state index is 0. The zero-order valence-electron chi connectivity index (χ0n) is 29.8. The van der Waals surface area contributed by atoms with Crippen LogP contribution < -0.4 is 0 Å². The van der Waals surface area contributed by atoms with Gasteiger partial charge in [-0.2, -0.15) is 0 Å². The van der Waals surface area contributed by atoms with Crippen molar-refractivity contribution in [3.05, 3.63) is 75.4 Å². The number of nitrogens with one attached hydrogen (secondary N) is 1. The summed E-state index contributed by atoms with van der Waals surface area (Å²) >= 11 is 13.3. The zero-order valence-corrected chi connectivity index (χ0v) is 34.4. The number of H-pyrrole nitrogens is 1. The summed E-state index contributed by atoms with van der Waals surface area (Å²) < 4.78 is 13.1. The summed E-state index contributed by atoms with van der Waals surface area (Å²) in [6, 6.07) is 16.1. The molecule has 2 fully saturated rings. The van der Waals surface area contributed by atoms with E-state index in [2.05, 4.69) is 49.4 Å². The number of pyridine rings is 2. The molecule has 1 N–H and O–H groups in total. The molecule has 10 heteroatoms. The Hall–Kier alpha value is -2.09. The lowest BCUT2D eigenvalue weighted by atomic mass is 9.82. The highest BCUT2D eigenvalue weighted by Crippen LogP contribution is 2.32. The summed E-state index contributed by atoms with van der Waals surface area (Å²) in [5.74, 6) is 0.810. The summed E-state index contributed by atoms with van der Waals surface area (Å²) in [5, 5.41) is 3.22. The van der Waals surface area contributed by atoms with E-state index in [1.807, 2.05) is 59.0 Å². The molecule has 6 rings (SSSR count). The van der Waals surface area contributed by atoms with Crippen LogP contribution >= 0.6 is 58.8 Å². The Morgan fingerprint density at radius 3 is 1.76 bits per heavy atom. The number of rotatable bonds is 9. The Labute approximate surface area is 332 Å². The molecule has 2 aromatic heterocycles. The van der Waals surface area contributed by atoms with Crippen LogP contribution in [0.3, 0.4) is 0 Å². The van der Waals surface area contributed by atoms with Crippen molar-refractivity contribution in [3.63, 3.8) is 0 Å². The summed E-state index contributed by atoms with van der Waals surface area (Å²) in [6.07, 6.45) is 12.2. The van der Waals surface area contributed by atoms with Crippen LogP contribution in [0.15, 0.2) is 53.6 Å². The van der Waals surface area contributed by atoms with Crippen LogP contribution in [-0.4, -0.2) is 57.6 Å². The second kappa shape index (κ2) is 21.6. The normalized spacial score (nSPS) is 19.9. The maximum Gasteiger partial charge on any atom is 0.165 e. The van der Waals surface area contributed by atoms with Crippen LogP contribution in [0.1, 0.15) is 104 Å². The van der Waals surface area contributed by atoms with Crippen LogP contribution in [0.25, 0.3) is 21.8 Å². The van der Waals surface area contributed by atoms with Gasteiger partial charge in [-0.25, -0.2) is 4.98 Å². The van der Waals surface area contributed by atoms with Crippen molar-refractivity contribution in [3.8, 4) is 0 Å². The first-order chi connectivity index (χ1) is 24.2. The lowest BCUT2D eigenvalue weighted by molar-refractivity contribution is 0.0515. The summed E-state index contributed by atoms with van der Waals surface area (Å²) in [4.78, 5) is 33.6. The number of carbonyl (C=O) groups excluding carboxylic acids is 2. The van der Waals surface area contributed by atoms with Gasteiger partial charge in [0.05, 0.1) is 22.8 Å². The summed E-state index contributed by atoms with van der Waals surface area (Å²) in [5.41, 5.74) is 5.97. The third kappa shape index (κ3) is 11.5. The highest BCUT2D eigenvalue weighted by molar-refractivity contribution is 14.1. The van der Waals surface area contributed by atoms with Gasteiger partial charge in [-0.05, 0) is 158 Å². The highest BCUT2D eigenvalue weighted by Gasteiger charge is 2.28. The molecule has 2 aliphatic carbocycles. The van der Waals surface area contributed by atoms with Gasteiger partial charge in [0.1, 0.15) is 4.64 Å². The Kier molecular flexibility index (Phi) is 18.3. The number of benzene rings is 2. The fourth-order valence-electron chi connectivity index (χ4n) is 7.05. The third-order valence-electron chi connectivity index (χ3n) is 10.1. The molecular formula is C41H53IN2O4S3. The predicted octanol–water partition coefficient (Wildman–Crippen LogP) is 11.8. The first-order valence-corrected chi connectivity index (χ1v) is 20.9. The van der Waals surface area contributed by atoms with Crippen LogP contribution in [0.2, 0.25) is 0 Å². The number of hydrogen-bond acceptors (Lipinski definition) is 8. The molecule has 51 heavy (non-hydrogen) atoms. The van der Waals surface area contributed by atoms with Gasteiger partial charge >= 0.3 is 0 Å². The standard InChI is InChI=1S/C20H25NO2S.C19H23NO2S.CHIS.CH4/c1-4-13-11-16-12-15(7-10-18(16)21-20(13)24-3)19(22)14-5-8-17(23-2)9-6-14;1-3-12-10-15-11-14(6-9-17(15)20-19(12)23)18(21)13-4-7-16(22-2)8-5-13;2-1-3;/h7,10-12,14,17H,4-6,8-9H2,1-3H3;6,9-11,13,16H,3-5,7-8H2,1-2H3,(H,20,23);1H;1H4. The number of halogens is 1. The molecule has 0 saturated heterocycles. The largest absolute Gasteiger partial charge is 0.381 e. The van der Waals surface area contributed by atoms with Crippen LogP contribution in [0, 0.1) is 16.5 Å². The average Bonchev–Trinajstić information content (AvgIpc) is 3.16. The number of thioether (sulfide) groups is 1. The summed E-state index contributed by atoms with van der Waals surface area (Å²) in [7, 11) is 3.52. The van der Waals surface area contributed by atoms with Crippen LogP contribution in [0.4, 0.5) is 0 Å². The second-order valence-electron chi connectivity index (χ2n) is 12.9. The van der Waals surface area contributed by atoms with Crippen LogP contribution in [0.5, 0.6) is 0 Å². The molecule has 6 nitrogen and oxygen atoms in total. The van der Waals surface area contributed by atoms with Crippen molar-refractivity contribution in [2.45, 2.75) is 103 Å². The maximum absolute atomic E-state index is 12.9. The fourth-order valence-corrected chi connectivity index (χ4v) is 8.01. The van der Waals surface area contributed by atoms with Crippen molar-refractivity contribution in [1.82, 2.24) is 9.97 Å². The zero-order chi connectivity index (χ0) is 36.2. The number of methoxy groups -OCH3 is 2. The maximum atomic E-state index is 12.9. The molecule has 0 unspecified atom stereocenters. The van der Waals surface area contributed by atoms with E-state index in [9.17, 15) is 9.59 Å². The van der Waals surface area contributed by atoms with E-state index < -0.39 is 0 Å². The van der Waals surface area contributed by atoms with E-state index >= 15 is 0 Å². The van der Waals surface area contributed by atoms with Gasteiger partial charge in [0.25, 0.3) is 0 Å². The number of aryl methyl sites for hydroxylation is 2. The Morgan fingerprint density at radius 1 is 0.824 bits per heavy atom. The number of hydrogen-bond donors (Lipinski definition) is 1. The molecule has 276 valence electrons. The molecule has 0 aliphatic heterocycles. The van der Waals surface area contributed by atoms with Gasteiger partial charge < -0.3 is 14.5 Å². The van der Waals surface area contributed by atoms with Gasteiger partial charge in [-0.15, -0.1) is 11.8 Å². The molecular weight excluding hydrogens is 808 g/mol. The van der Waals surface area contributed by atoms with Gasteiger partial charge in [-0.1, -0.05) is 45.7 Å². The van der Waals surface area contributed by atoms with E-state index in [4.69, 9.17) is 26.7 Å². The number of fused-ring (bicyclic) bond motifs is 2. The number of thiocarbonyl (C=S) groups is 1. The lowest BCUT2D eigenvalue weighted by Gasteiger charge is -2.26. The monoisotopic (exact) mass is 860 g/mol. The second-order valence-corrected chi connectivity index (χ2v) is 15.8. The molecule has 0 atom stereocenters. The Morgan fingerprint density at radius 2 is 1.29 bits per heavy atom. The van der Waals surface area contributed by atoms with Gasteiger partial charge in [0, 0.05) is 51.5 Å². The number of ketones is 2. The SMILES string of the molecule is C.CCc1cc2cc(C(=O)C3CCC(OC)CC3)ccc2[nH]c1=S.CCc1cc2cc(C(=O)C3CCC(OC)CC3)ccc2nc1SC.S=CI. The smallest absolute Gasteiger partial charge is 0.165 e. The molecule has 2 heterocycles. The number of ether oxygens (including phenoxy) is 2. The molecule has 0 bridgehead atoms. The number of nitrogens with zero attached hydrogens (tertiary/aromatic N) is 1. The summed E-state index contributed by atoms with van der Waals surface area (Å²) in [6.45, 7) is 4.24. The van der Waals surface area contributed by atoms with Crippen molar-refractivity contribution in [1.29, 1.82) is 0 Å². The third-order valence-corrected chi connectivity index (χ3v) is 11.2. The minimum Gasteiger partial charge on any atom is -0.381 e. The predicted molar refractivity (Wildman–Crippen MR) is 230 cm³/mol. The molecule has 0 spiro atoms. The fraction of sp³-hybridized carbons (Fsp3) is 0.488. The van der Waals surface area contributed by atoms with Crippen molar-refractivity contribution < 1.29 is 19.1 Å². The Bertz CT molecular complexity index is 1830. The molecule has 0 radical (unpaired) electrons. The topological polar surface area (TPSA) is 81.3 Å². The van der Waals surface area contributed by atoms with Gasteiger partial charge in [-0.3, -0.25) is 9.59 Å². The molecule has 4 aromatic rings. The minimum atomic E-state index is 0. The van der Waals surface area contributed by atoms with E-state index in [1.54, 1.807) is 29.4 Å². The first kappa shape index (κ1) is 43.3. The van der Waals surface area contributed by atoms with Crippen molar-refractivity contribution in [2.75, 3.05) is 20.5 Å². The van der Waals surface area contributed by atoms with Crippen molar-refractivity contribution in [2.24, 2.45) is 11.8 Å². The van der Waals surface area contributed by atoms with E-state index in [0.29, 0.717) is 12.2 Å². The molecule has 2 aromatic carbocycles. The Balaban J connectivity index is 0.000000251. The van der Waals surface area contributed by atoms with Crippen molar-refractivity contribution >= 4 is 95.5 Å². The van der Waals surface area contributed by atoms with Gasteiger partial charge in [0.15, 0.2) is 11.6 Å². The first-order valence-electron chi connectivity index (χ1n) is 17.5. The van der Waals surface area contributed by atoms with E-state index in [-0.39, 0.29) is 30.8 Å². The number of aromatic nitrogens is 2. The van der Waals surface area contributed by atoms with Gasteiger partial charge in [0.2, 0.25) is 0 Å². The lowest BCUT2D eigenvalue weighted by Crippen LogP contribution is -2.25. The molecule has 2 aliphatic rings. The highest BCUT2D eigenvalue weighted by atomic mass is 127. The van der Waals surface area contributed by atoms with Crippen LogP contribution in [-0.2, 0) is 22.3 Å². The average molecular weight is 861 g/mol. The number of Topliss-reactive ketones (excluding diaryl/α,β-unsaturated/α-hetero) is 2. The van der Waals surface area contributed by atoms with E-state index in [0.717, 1.165) is 112 Å². The molecule has 0 amide bonds. The quantitative estimate of drug-likeness (QED) is 0.0586. The molecule has 2 saturated carbocycles.